The first-order chi connectivity index (χ1) is 12.3. The van der Waals surface area contributed by atoms with Crippen LogP contribution in [0.15, 0.2) is 48.5 Å². The molecule has 26 heavy (non-hydrogen) atoms. The molecule has 0 saturated heterocycles. The molecule has 0 radical (unpaired) electrons. The lowest BCUT2D eigenvalue weighted by molar-refractivity contribution is -0.137. The van der Waals surface area contributed by atoms with Gasteiger partial charge >= 0.3 is 6.18 Å². The van der Waals surface area contributed by atoms with Gasteiger partial charge in [-0.3, -0.25) is 20.4 Å². The van der Waals surface area contributed by atoms with Crippen molar-refractivity contribution in [2.45, 2.75) is 6.18 Å². The first-order valence-corrected chi connectivity index (χ1v) is 7.44. The van der Waals surface area contributed by atoms with Gasteiger partial charge in [0.1, 0.15) is 5.75 Å². The zero-order valence-corrected chi connectivity index (χ0v) is 13.7. The van der Waals surface area contributed by atoms with Crippen LogP contribution in [0.2, 0.25) is 0 Å². The number of ether oxygens (including phenoxy) is 1. The van der Waals surface area contributed by atoms with Crippen LogP contribution in [0.1, 0.15) is 15.9 Å². The number of hydrazine groups is 1. The van der Waals surface area contributed by atoms with Crippen LogP contribution in [0.5, 0.6) is 5.75 Å². The molecule has 2 aromatic rings. The molecule has 9 heteroatoms. The summed E-state index contributed by atoms with van der Waals surface area (Å²) >= 11 is 0. The van der Waals surface area contributed by atoms with Gasteiger partial charge in [-0.25, -0.2) is 0 Å². The molecular formula is C17H16F3N3O3. The monoisotopic (exact) mass is 367 g/mol. The van der Waals surface area contributed by atoms with Crippen molar-refractivity contribution in [1.29, 1.82) is 0 Å². The van der Waals surface area contributed by atoms with E-state index in [1.807, 2.05) is 0 Å². The van der Waals surface area contributed by atoms with E-state index in [0.717, 1.165) is 12.1 Å². The third-order valence-electron chi connectivity index (χ3n) is 3.31. The highest BCUT2D eigenvalue weighted by Crippen LogP contribution is 2.29. The average molecular weight is 367 g/mol. The third kappa shape index (κ3) is 5.13. The molecule has 2 amide bonds. The number of benzene rings is 2. The van der Waals surface area contributed by atoms with Crippen LogP contribution in [-0.4, -0.2) is 25.5 Å². The van der Waals surface area contributed by atoms with Crippen molar-refractivity contribution in [3.8, 4) is 5.75 Å². The first-order valence-electron chi connectivity index (χ1n) is 7.44. The van der Waals surface area contributed by atoms with E-state index in [0.29, 0.717) is 17.5 Å². The Hall–Kier alpha value is -3.23. The number of nitrogens with one attached hydrogen (secondary N) is 3. The van der Waals surface area contributed by atoms with E-state index in [1.54, 1.807) is 24.3 Å². The summed E-state index contributed by atoms with van der Waals surface area (Å²) in [4.78, 5) is 23.6. The highest BCUT2D eigenvalue weighted by molar-refractivity contribution is 5.95. The summed E-state index contributed by atoms with van der Waals surface area (Å²) in [6, 6.07) is 10.8. The topological polar surface area (TPSA) is 79.5 Å². The Bertz CT molecular complexity index is 794. The number of methoxy groups -OCH3 is 1. The Kier molecular flexibility index (Phi) is 6.05. The van der Waals surface area contributed by atoms with Gasteiger partial charge in [0, 0.05) is 5.56 Å². The highest BCUT2D eigenvalue weighted by Gasteiger charge is 2.30. The molecule has 0 fully saturated rings. The van der Waals surface area contributed by atoms with E-state index in [1.165, 1.54) is 13.2 Å². The summed E-state index contributed by atoms with van der Waals surface area (Å²) in [5.41, 5.74) is 3.59. The third-order valence-corrected chi connectivity index (χ3v) is 3.31. The van der Waals surface area contributed by atoms with Gasteiger partial charge in [-0.2, -0.15) is 13.2 Å². The number of para-hydroxylation sites is 2. The quantitative estimate of drug-likeness (QED) is 0.710. The van der Waals surface area contributed by atoms with Crippen LogP contribution in [0, 0.1) is 0 Å². The van der Waals surface area contributed by atoms with E-state index in [-0.39, 0.29) is 12.1 Å². The molecule has 0 aliphatic heterocycles. The summed E-state index contributed by atoms with van der Waals surface area (Å²) in [6.07, 6.45) is -4.56. The predicted molar refractivity (Wildman–Crippen MR) is 88.5 cm³/mol. The van der Waals surface area contributed by atoms with Crippen molar-refractivity contribution in [2.75, 3.05) is 19.0 Å². The largest absolute Gasteiger partial charge is 0.495 e. The molecule has 0 spiro atoms. The minimum atomic E-state index is -4.56. The first kappa shape index (κ1) is 19.1. The number of hydrogen-bond donors (Lipinski definition) is 3. The van der Waals surface area contributed by atoms with Crippen LogP contribution < -0.4 is 20.9 Å². The molecule has 6 nitrogen and oxygen atoms in total. The second kappa shape index (κ2) is 8.24. The van der Waals surface area contributed by atoms with Gasteiger partial charge < -0.3 is 10.1 Å². The molecule has 2 aromatic carbocycles. The summed E-state index contributed by atoms with van der Waals surface area (Å²) in [5, 5.41) is 2.82. The summed E-state index contributed by atoms with van der Waals surface area (Å²) in [5.74, 6) is -0.911. The molecule has 0 aliphatic rings. The van der Waals surface area contributed by atoms with E-state index in [9.17, 15) is 22.8 Å². The number of hydrogen-bond acceptors (Lipinski definition) is 4. The number of amides is 2. The van der Waals surface area contributed by atoms with Crippen LogP contribution in [-0.2, 0) is 11.0 Å². The smallest absolute Gasteiger partial charge is 0.416 e. The number of halogens is 3. The van der Waals surface area contributed by atoms with Gasteiger partial charge in [-0.15, -0.1) is 0 Å². The molecule has 0 aliphatic carbocycles. The molecule has 0 heterocycles. The number of carbonyl (C=O) groups excluding carboxylic acids is 2. The zero-order chi connectivity index (χ0) is 19.2. The molecule has 2 rings (SSSR count). The van der Waals surface area contributed by atoms with Crippen LogP contribution in [0.3, 0.4) is 0 Å². The molecule has 138 valence electrons. The Morgan fingerprint density at radius 2 is 1.77 bits per heavy atom. The van der Waals surface area contributed by atoms with Crippen molar-refractivity contribution in [2.24, 2.45) is 0 Å². The number of anilines is 1. The molecule has 0 saturated carbocycles. The van der Waals surface area contributed by atoms with Crippen molar-refractivity contribution in [1.82, 2.24) is 10.9 Å². The molecule has 0 atom stereocenters. The minimum Gasteiger partial charge on any atom is -0.495 e. The van der Waals surface area contributed by atoms with Gasteiger partial charge in [0.25, 0.3) is 11.8 Å². The summed E-state index contributed by atoms with van der Waals surface area (Å²) in [7, 11) is 1.48. The average Bonchev–Trinajstić information content (AvgIpc) is 2.64. The van der Waals surface area contributed by atoms with Gasteiger partial charge in [-0.05, 0) is 30.3 Å². The fourth-order valence-corrected chi connectivity index (χ4v) is 2.05. The zero-order valence-electron chi connectivity index (χ0n) is 13.7. The molecule has 3 N–H and O–H groups in total. The fourth-order valence-electron chi connectivity index (χ4n) is 2.05. The van der Waals surface area contributed by atoms with Crippen LogP contribution in [0.4, 0.5) is 18.9 Å². The molecular weight excluding hydrogens is 351 g/mol. The molecule has 0 bridgehead atoms. The SMILES string of the molecule is COc1ccccc1NCC(=O)NNC(=O)c1cccc(C(F)(F)F)c1. The molecule has 0 aromatic heterocycles. The maximum Gasteiger partial charge on any atom is 0.416 e. The fraction of sp³-hybridized carbons (Fsp3) is 0.176. The summed E-state index contributed by atoms with van der Waals surface area (Å²) in [6.45, 7) is -0.177. The lowest BCUT2D eigenvalue weighted by Gasteiger charge is -2.12. The Morgan fingerprint density at radius 3 is 2.46 bits per heavy atom. The van der Waals surface area contributed by atoms with E-state index in [2.05, 4.69) is 16.2 Å². The van der Waals surface area contributed by atoms with Gasteiger partial charge in [0.2, 0.25) is 0 Å². The number of rotatable bonds is 5. The maximum atomic E-state index is 12.6. The predicted octanol–water partition coefficient (Wildman–Crippen LogP) is 2.59. The van der Waals surface area contributed by atoms with Crippen LogP contribution >= 0.6 is 0 Å². The van der Waals surface area contributed by atoms with Crippen molar-refractivity contribution >= 4 is 17.5 Å². The van der Waals surface area contributed by atoms with Crippen molar-refractivity contribution < 1.29 is 27.5 Å². The van der Waals surface area contributed by atoms with E-state index >= 15 is 0 Å². The minimum absolute atomic E-state index is 0.177. The lowest BCUT2D eigenvalue weighted by atomic mass is 10.1. The standard InChI is InChI=1S/C17H16F3N3O3/c1-26-14-8-3-2-7-13(14)21-10-15(24)22-23-16(25)11-5-4-6-12(9-11)17(18,19)20/h2-9,21H,10H2,1H3,(H,22,24)(H,23,25). The Labute approximate surface area is 147 Å². The van der Waals surface area contributed by atoms with E-state index in [4.69, 9.17) is 4.74 Å². The number of carbonyl (C=O) groups is 2. The Morgan fingerprint density at radius 1 is 1.04 bits per heavy atom. The second-order valence-corrected chi connectivity index (χ2v) is 5.13. The Balaban J connectivity index is 1.88. The summed E-state index contributed by atoms with van der Waals surface area (Å²) < 4.78 is 43.1. The van der Waals surface area contributed by atoms with Gasteiger partial charge in [-0.1, -0.05) is 18.2 Å². The second-order valence-electron chi connectivity index (χ2n) is 5.13. The van der Waals surface area contributed by atoms with Crippen molar-refractivity contribution in [3.63, 3.8) is 0 Å². The number of alkyl halides is 3. The lowest BCUT2D eigenvalue weighted by Crippen LogP contribution is -2.44. The van der Waals surface area contributed by atoms with Crippen molar-refractivity contribution in [3.05, 3.63) is 59.7 Å². The van der Waals surface area contributed by atoms with E-state index < -0.39 is 23.6 Å². The van der Waals surface area contributed by atoms with Crippen LogP contribution in [0.25, 0.3) is 0 Å². The normalized spacial score (nSPS) is 10.8. The highest BCUT2D eigenvalue weighted by atomic mass is 19.4. The van der Waals surface area contributed by atoms with Gasteiger partial charge in [0.05, 0.1) is 24.9 Å². The molecule has 0 unspecified atom stereocenters. The van der Waals surface area contributed by atoms with Gasteiger partial charge in [0.15, 0.2) is 0 Å². The maximum absolute atomic E-state index is 12.6.